The molecule has 0 radical (unpaired) electrons. The Kier molecular flexibility index (Phi) is 6.52. The number of nitrogens with one attached hydrogen (secondary N) is 1. The van der Waals surface area contributed by atoms with Crippen LogP contribution in [0.2, 0.25) is 5.02 Å². The van der Waals surface area contributed by atoms with Gasteiger partial charge in [-0.15, -0.1) is 0 Å². The summed E-state index contributed by atoms with van der Waals surface area (Å²) < 4.78 is 48.6. The molecule has 0 aliphatic carbocycles. The molecule has 2 rings (SSSR count). The number of hydrogen-bond donors (Lipinski definition) is 1. The minimum absolute atomic E-state index is 0.0326. The Balaban J connectivity index is 2.29. The van der Waals surface area contributed by atoms with E-state index in [1.165, 1.54) is 25.1 Å². The second-order valence-electron chi connectivity index (χ2n) is 5.73. The second kappa shape index (κ2) is 8.52. The number of halogens is 4. The van der Waals surface area contributed by atoms with Gasteiger partial charge < -0.3 is 14.8 Å². The van der Waals surface area contributed by atoms with Crippen LogP contribution in [-0.4, -0.2) is 41.8 Å². The fraction of sp³-hybridized carbons (Fsp3) is 0.294. The Morgan fingerprint density at radius 1 is 1.10 bits per heavy atom. The number of hydrogen-bond acceptors (Lipinski definition) is 6. The zero-order valence-electron chi connectivity index (χ0n) is 15.4. The maximum absolute atomic E-state index is 12.9. The predicted octanol–water partition coefficient (Wildman–Crippen LogP) is 3.08. The van der Waals surface area contributed by atoms with Crippen molar-refractivity contribution in [2.45, 2.75) is 19.6 Å². The highest BCUT2D eigenvalue weighted by molar-refractivity contribution is 6.32. The van der Waals surface area contributed by atoms with E-state index in [0.717, 1.165) is 18.9 Å². The quantitative estimate of drug-likeness (QED) is 0.727. The number of amides is 1. The Labute approximate surface area is 167 Å². The number of carbonyl (C=O) groups is 3. The lowest BCUT2D eigenvalue weighted by molar-refractivity contribution is -0.141. The van der Waals surface area contributed by atoms with Crippen LogP contribution in [0.15, 0.2) is 18.2 Å². The number of ether oxygens (including phenoxy) is 2. The molecule has 2 aromatic rings. The van der Waals surface area contributed by atoms with Gasteiger partial charge in [0.1, 0.15) is 6.54 Å². The van der Waals surface area contributed by atoms with Crippen LogP contribution in [0, 0.1) is 6.92 Å². The first-order valence-corrected chi connectivity index (χ1v) is 8.27. The minimum atomic E-state index is -4.77. The number of carbonyl (C=O) groups excluding carboxylic acids is 3. The number of anilines is 1. The Hall–Kier alpha value is -3.08. The van der Waals surface area contributed by atoms with Gasteiger partial charge in [-0.2, -0.15) is 18.3 Å². The summed E-state index contributed by atoms with van der Waals surface area (Å²) in [5.41, 5.74) is -1.39. The molecule has 0 unspecified atom stereocenters. The van der Waals surface area contributed by atoms with Crippen LogP contribution < -0.4 is 5.32 Å². The van der Waals surface area contributed by atoms with Crippen molar-refractivity contribution in [3.63, 3.8) is 0 Å². The van der Waals surface area contributed by atoms with Crippen LogP contribution >= 0.6 is 11.6 Å². The number of benzene rings is 1. The van der Waals surface area contributed by atoms with Gasteiger partial charge in [-0.3, -0.25) is 9.48 Å². The van der Waals surface area contributed by atoms with Crippen LogP contribution in [0.1, 0.15) is 32.1 Å². The van der Waals surface area contributed by atoms with Crippen molar-refractivity contribution >= 4 is 35.1 Å². The highest BCUT2D eigenvalue weighted by Crippen LogP contribution is 2.35. The molecule has 1 amide bonds. The molecule has 0 saturated carbocycles. The van der Waals surface area contributed by atoms with Gasteiger partial charge in [0.2, 0.25) is 5.91 Å². The van der Waals surface area contributed by atoms with Gasteiger partial charge in [-0.05, 0) is 25.1 Å². The molecule has 156 valence electrons. The van der Waals surface area contributed by atoms with Crippen molar-refractivity contribution in [2.24, 2.45) is 0 Å². The van der Waals surface area contributed by atoms with E-state index < -0.39 is 41.3 Å². The molecule has 0 spiro atoms. The summed E-state index contributed by atoms with van der Waals surface area (Å²) in [6, 6.07) is 3.68. The molecule has 0 bridgehead atoms. The average molecular weight is 434 g/mol. The average Bonchev–Trinajstić information content (AvgIpc) is 2.94. The summed E-state index contributed by atoms with van der Waals surface area (Å²) in [7, 11) is 2.27. The van der Waals surface area contributed by atoms with Crippen LogP contribution in [0.4, 0.5) is 18.9 Å². The zero-order valence-corrected chi connectivity index (χ0v) is 16.1. The van der Waals surface area contributed by atoms with Crippen LogP contribution in [-0.2, 0) is 27.0 Å². The van der Waals surface area contributed by atoms with Crippen molar-refractivity contribution in [3.05, 3.63) is 45.7 Å². The molecule has 29 heavy (non-hydrogen) atoms. The van der Waals surface area contributed by atoms with Gasteiger partial charge in [-0.1, -0.05) is 11.6 Å². The fourth-order valence-corrected chi connectivity index (χ4v) is 2.61. The Morgan fingerprint density at radius 3 is 2.03 bits per heavy atom. The lowest BCUT2D eigenvalue weighted by Crippen LogP contribution is -2.21. The zero-order chi connectivity index (χ0) is 21.9. The van der Waals surface area contributed by atoms with E-state index in [-0.39, 0.29) is 22.5 Å². The van der Waals surface area contributed by atoms with Crippen molar-refractivity contribution < 1.29 is 37.0 Å². The van der Waals surface area contributed by atoms with E-state index in [0.29, 0.717) is 0 Å². The van der Waals surface area contributed by atoms with Gasteiger partial charge in [0, 0.05) is 5.69 Å². The first kappa shape index (κ1) is 22.2. The van der Waals surface area contributed by atoms with Gasteiger partial charge in [0.15, 0.2) is 5.69 Å². The molecular formula is C17H15ClF3N3O5. The molecule has 0 saturated heterocycles. The van der Waals surface area contributed by atoms with Crippen molar-refractivity contribution in [1.29, 1.82) is 0 Å². The number of rotatable bonds is 5. The SMILES string of the molecule is COC(=O)c1cc(NC(=O)Cn2nc(C(F)(F)F)c(Cl)c2C)cc(C(=O)OC)c1. The largest absolute Gasteiger partial charge is 0.465 e. The van der Waals surface area contributed by atoms with E-state index in [4.69, 9.17) is 11.6 Å². The molecule has 1 heterocycles. The predicted molar refractivity (Wildman–Crippen MR) is 94.7 cm³/mol. The van der Waals surface area contributed by atoms with Gasteiger partial charge in [0.25, 0.3) is 0 Å². The van der Waals surface area contributed by atoms with E-state index in [1.54, 1.807) is 0 Å². The van der Waals surface area contributed by atoms with E-state index in [9.17, 15) is 27.6 Å². The summed E-state index contributed by atoms with van der Waals surface area (Å²) in [5.74, 6) is -2.30. The van der Waals surface area contributed by atoms with E-state index in [1.807, 2.05) is 0 Å². The lowest BCUT2D eigenvalue weighted by atomic mass is 10.1. The molecule has 1 N–H and O–H groups in total. The third-order valence-corrected chi connectivity index (χ3v) is 4.21. The molecule has 8 nitrogen and oxygen atoms in total. The summed E-state index contributed by atoms with van der Waals surface area (Å²) in [4.78, 5) is 35.8. The number of aromatic nitrogens is 2. The van der Waals surface area contributed by atoms with Gasteiger partial charge in [0.05, 0.1) is 36.1 Å². The van der Waals surface area contributed by atoms with Gasteiger partial charge in [-0.25, -0.2) is 9.59 Å². The molecule has 1 aromatic carbocycles. The third-order valence-electron chi connectivity index (χ3n) is 3.75. The summed E-state index contributed by atoms with van der Waals surface area (Å²) >= 11 is 5.65. The van der Waals surface area contributed by atoms with E-state index in [2.05, 4.69) is 19.9 Å². The summed E-state index contributed by atoms with van der Waals surface area (Å²) in [6.45, 7) is 0.697. The number of alkyl halides is 3. The summed E-state index contributed by atoms with van der Waals surface area (Å²) in [5, 5.41) is 5.11. The first-order valence-electron chi connectivity index (χ1n) is 7.89. The fourth-order valence-electron chi connectivity index (χ4n) is 2.37. The number of nitrogens with zero attached hydrogens (tertiary/aromatic N) is 2. The molecule has 0 atom stereocenters. The van der Waals surface area contributed by atoms with Crippen LogP contribution in [0.25, 0.3) is 0 Å². The first-order chi connectivity index (χ1) is 13.5. The molecule has 1 aromatic heterocycles. The topological polar surface area (TPSA) is 99.5 Å². The van der Waals surface area contributed by atoms with Crippen LogP contribution in [0.3, 0.4) is 0 Å². The highest BCUT2D eigenvalue weighted by Gasteiger charge is 2.38. The maximum atomic E-state index is 12.9. The standard InChI is InChI=1S/C17H15ClF3N3O5/c1-8-13(18)14(17(19,20)21)23-24(8)7-12(25)22-11-5-9(15(26)28-2)4-10(6-11)16(27)29-3/h4-6H,7H2,1-3H3,(H,22,25). The smallest absolute Gasteiger partial charge is 0.436 e. The molecule has 0 aliphatic heterocycles. The van der Waals surface area contributed by atoms with Gasteiger partial charge >= 0.3 is 18.1 Å². The van der Waals surface area contributed by atoms with Crippen LogP contribution in [0.5, 0.6) is 0 Å². The third kappa shape index (κ3) is 5.05. The van der Waals surface area contributed by atoms with E-state index >= 15 is 0 Å². The molecule has 0 fully saturated rings. The van der Waals surface area contributed by atoms with Crippen molar-refractivity contribution in [2.75, 3.05) is 19.5 Å². The number of esters is 2. The number of methoxy groups -OCH3 is 2. The minimum Gasteiger partial charge on any atom is -0.465 e. The molecular weight excluding hydrogens is 419 g/mol. The highest BCUT2D eigenvalue weighted by atomic mass is 35.5. The van der Waals surface area contributed by atoms with Crippen molar-refractivity contribution in [3.8, 4) is 0 Å². The monoisotopic (exact) mass is 433 g/mol. The maximum Gasteiger partial charge on any atom is 0.436 e. The normalized spacial score (nSPS) is 11.1. The second-order valence-corrected chi connectivity index (χ2v) is 6.11. The summed E-state index contributed by atoms with van der Waals surface area (Å²) in [6.07, 6.45) is -4.77. The van der Waals surface area contributed by atoms with Crippen molar-refractivity contribution in [1.82, 2.24) is 9.78 Å². The Bertz CT molecular complexity index is 938. The molecule has 0 aliphatic rings. The molecule has 12 heteroatoms. The lowest BCUT2D eigenvalue weighted by Gasteiger charge is -2.10. The Morgan fingerprint density at radius 2 is 1.62 bits per heavy atom.